The van der Waals surface area contributed by atoms with Gasteiger partial charge in [0.15, 0.2) is 0 Å². The molecule has 0 heterocycles. The highest BCUT2D eigenvalue weighted by molar-refractivity contribution is 9.10. The van der Waals surface area contributed by atoms with Gasteiger partial charge in [-0.05, 0) is 31.0 Å². The summed E-state index contributed by atoms with van der Waals surface area (Å²) in [5.74, 6) is -2.10. The Balaban J connectivity index is 2.19. The molecule has 1 aliphatic rings. The second-order valence-corrected chi connectivity index (χ2v) is 6.44. The standard InChI is InChI=1S/C15H19BrN2O3/c1-18(2)13-7-6-9(16)8-12(13)17-14(19)10-4-3-5-11(10)15(20)21/h6-8,10-11H,3-5H2,1-2H3,(H,17,19)(H,20,21). The number of aliphatic carboxylic acids is 1. The summed E-state index contributed by atoms with van der Waals surface area (Å²) < 4.78 is 0.865. The van der Waals surface area contributed by atoms with Crippen molar-refractivity contribution in [2.45, 2.75) is 19.3 Å². The fraction of sp³-hybridized carbons (Fsp3) is 0.467. The molecule has 0 bridgehead atoms. The van der Waals surface area contributed by atoms with Crippen molar-refractivity contribution in [3.8, 4) is 0 Å². The number of amides is 1. The molecule has 2 unspecified atom stereocenters. The summed E-state index contributed by atoms with van der Waals surface area (Å²) >= 11 is 3.39. The molecule has 0 aromatic heterocycles. The lowest BCUT2D eigenvalue weighted by Crippen LogP contribution is -2.30. The smallest absolute Gasteiger partial charge is 0.307 e. The summed E-state index contributed by atoms with van der Waals surface area (Å²) in [5, 5.41) is 12.1. The maximum Gasteiger partial charge on any atom is 0.307 e. The zero-order valence-corrected chi connectivity index (χ0v) is 13.7. The molecule has 2 rings (SSSR count). The van der Waals surface area contributed by atoms with E-state index in [1.165, 1.54) is 0 Å². The molecule has 1 amide bonds. The monoisotopic (exact) mass is 354 g/mol. The molecule has 0 spiro atoms. The van der Waals surface area contributed by atoms with E-state index in [9.17, 15) is 14.7 Å². The van der Waals surface area contributed by atoms with Gasteiger partial charge in [-0.15, -0.1) is 0 Å². The van der Waals surface area contributed by atoms with E-state index in [2.05, 4.69) is 21.2 Å². The highest BCUT2D eigenvalue weighted by Crippen LogP contribution is 2.34. The summed E-state index contributed by atoms with van der Waals surface area (Å²) in [4.78, 5) is 25.5. The molecule has 0 aliphatic heterocycles. The average Bonchev–Trinajstić information content (AvgIpc) is 2.87. The van der Waals surface area contributed by atoms with Gasteiger partial charge in [0.1, 0.15) is 0 Å². The number of hydrogen-bond donors (Lipinski definition) is 2. The maximum atomic E-state index is 12.4. The first-order chi connectivity index (χ1) is 9.90. The molecular weight excluding hydrogens is 336 g/mol. The normalized spacial score (nSPS) is 21.1. The number of carbonyl (C=O) groups is 2. The molecule has 5 nitrogen and oxygen atoms in total. The molecule has 114 valence electrons. The van der Waals surface area contributed by atoms with E-state index in [0.29, 0.717) is 18.5 Å². The molecule has 0 radical (unpaired) electrons. The van der Waals surface area contributed by atoms with Crippen molar-refractivity contribution in [2.75, 3.05) is 24.3 Å². The summed E-state index contributed by atoms with van der Waals surface area (Å²) in [7, 11) is 3.79. The third-order valence-corrected chi connectivity index (χ3v) is 4.36. The Bertz CT molecular complexity index is 560. The number of nitrogens with zero attached hydrogens (tertiary/aromatic N) is 1. The molecule has 1 aromatic carbocycles. The van der Waals surface area contributed by atoms with Crippen LogP contribution in [0.4, 0.5) is 11.4 Å². The first kappa shape index (κ1) is 15.8. The van der Waals surface area contributed by atoms with E-state index in [0.717, 1.165) is 16.6 Å². The predicted molar refractivity (Wildman–Crippen MR) is 85.6 cm³/mol. The van der Waals surface area contributed by atoms with Crippen LogP contribution in [-0.4, -0.2) is 31.1 Å². The van der Waals surface area contributed by atoms with Gasteiger partial charge in [-0.1, -0.05) is 22.4 Å². The van der Waals surface area contributed by atoms with Crippen LogP contribution in [-0.2, 0) is 9.59 Å². The van der Waals surface area contributed by atoms with Gasteiger partial charge in [0.25, 0.3) is 0 Å². The highest BCUT2D eigenvalue weighted by atomic mass is 79.9. The van der Waals surface area contributed by atoms with Crippen molar-refractivity contribution >= 4 is 39.2 Å². The van der Waals surface area contributed by atoms with Crippen LogP contribution in [0.1, 0.15) is 19.3 Å². The molecule has 1 fully saturated rings. The predicted octanol–water partition coefficient (Wildman–Crippen LogP) is 2.95. The lowest BCUT2D eigenvalue weighted by molar-refractivity contribution is -0.145. The van der Waals surface area contributed by atoms with Crippen LogP contribution in [0, 0.1) is 11.8 Å². The van der Waals surface area contributed by atoms with Crippen molar-refractivity contribution in [3.63, 3.8) is 0 Å². The summed E-state index contributed by atoms with van der Waals surface area (Å²) in [6.45, 7) is 0. The Kier molecular flexibility index (Phi) is 4.88. The Labute approximate surface area is 132 Å². The van der Waals surface area contributed by atoms with E-state index in [1.807, 2.05) is 37.2 Å². The summed E-state index contributed by atoms with van der Waals surface area (Å²) in [6.07, 6.45) is 1.99. The number of nitrogens with one attached hydrogen (secondary N) is 1. The Morgan fingerprint density at radius 1 is 1.29 bits per heavy atom. The number of hydrogen-bond acceptors (Lipinski definition) is 3. The third kappa shape index (κ3) is 3.56. The number of benzene rings is 1. The van der Waals surface area contributed by atoms with Crippen LogP contribution in [0.25, 0.3) is 0 Å². The second-order valence-electron chi connectivity index (χ2n) is 5.53. The number of halogens is 1. The zero-order chi connectivity index (χ0) is 15.6. The number of carboxylic acids is 1. The fourth-order valence-corrected chi connectivity index (χ4v) is 3.15. The van der Waals surface area contributed by atoms with Gasteiger partial charge in [-0.3, -0.25) is 9.59 Å². The largest absolute Gasteiger partial charge is 0.481 e. The van der Waals surface area contributed by atoms with Crippen molar-refractivity contribution in [1.29, 1.82) is 0 Å². The van der Waals surface area contributed by atoms with E-state index >= 15 is 0 Å². The maximum absolute atomic E-state index is 12.4. The van der Waals surface area contributed by atoms with Gasteiger partial charge < -0.3 is 15.3 Å². The number of carbonyl (C=O) groups excluding carboxylic acids is 1. The van der Waals surface area contributed by atoms with Gasteiger partial charge in [-0.2, -0.15) is 0 Å². The van der Waals surface area contributed by atoms with Crippen LogP contribution in [0.5, 0.6) is 0 Å². The quantitative estimate of drug-likeness (QED) is 0.871. The number of anilines is 2. The molecular formula is C15H19BrN2O3. The van der Waals surface area contributed by atoms with Gasteiger partial charge in [0, 0.05) is 18.6 Å². The lowest BCUT2D eigenvalue weighted by atomic mass is 9.95. The SMILES string of the molecule is CN(C)c1ccc(Br)cc1NC(=O)C1CCCC1C(=O)O. The Morgan fingerprint density at radius 3 is 2.57 bits per heavy atom. The highest BCUT2D eigenvalue weighted by Gasteiger charge is 2.37. The van der Waals surface area contributed by atoms with E-state index in [-0.39, 0.29) is 5.91 Å². The minimum atomic E-state index is -0.880. The molecule has 21 heavy (non-hydrogen) atoms. The number of rotatable bonds is 4. The molecule has 0 saturated heterocycles. The fourth-order valence-electron chi connectivity index (χ4n) is 2.79. The van der Waals surface area contributed by atoms with Crippen molar-refractivity contribution in [3.05, 3.63) is 22.7 Å². The zero-order valence-electron chi connectivity index (χ0n) is 12.1. The van der Waals surface area contributed by atoms with Gasteiger partial charge >= 0.3 is 5.97 Å². The molecule has 1 saturated carbocycles. The second kappa shape index (κ2) is 6.47. The number of carboxylic acid groups (broad SMARTS) is 1. The van der Waals surface area contributed by atoms with Gasteiger partial charge in [0.2, 0.25) is 5.91 Å². The minimum Gasteiger partial charge on any atom is -0.481 e. The van der Waals surface area contributed by atoms with Crippen LogP contribution in [0.2, 0.25) is 0 Å². The van der Waals surface area contributed by atoms with E-state index < -0.39 is 17.8 Å². The van der Waals surface area contributed by atoms with Crippen LogP contribution in [0.15, 0.2) is 22.7 Å². The van der Waals surface area contributed by atoms with Crippen molar-refractivity contribution in [2.24, 2.45) is 11.8 Å². The van der Waals surface area contributed by atoms with Crippen molar-refractivity contribution < 1.29 is 14.7 Å². The molecule has 2 N–H and O–H groups in total. The van der Waals surface area contributed by atoms with Gasteiger partial charge in [-0.25, -0.2) is 0 Å². The van der Waals surface area contributed by atoms with Crippen LogP contribution < -0.4 is 10.2 Å². The molecule has 6 heteroatoms. The molecule has 2 atom stereocenters. The lowest BCUT2D eigenvalue weighted by Gasteiger charge is -2.21. The average molecular weight is 355 g/mol. The summed E-state index contributed by atoms with van der Waals surface area (Å²) in [5.41, 5.74) is 1.58. The summed E-state index contributed by atoms with van der Waals surface area (Å²) in [6, 6.07) is 5.64. The minimum absolute atomic E-state index is 0.207. The third-order valence-electron chi connectivity index (χ3n) is 3.87. The van der Waals surface area contributed by atoms with Crippen LogP contribution in [0.3, 0.4) is 0 Å². The van der Waals surface area contributed by atoms with E-state index in [1.54, 1.807) is 0 Å². The Morgan fingerprint density at radius 2 is 1.95 bits per heavy atom. The topological polar surface area (TPSA) is 69.6 Å². The van der Waals surface area contributed by atoms with E-state index in [4.69, 9.17) is 0 Å². The van der Waals surface area contributed by atoms with Crippen molar-refractivity contribution in [1.82, 2.24) is 0 Å². The van der Waals surface area contributed by atoms with Crippen LogP contribution >= 0.6 is 15.9 Å². The first-order valence-electron chi connectivity index (χ1n) is 6.90. The molecule has 1 aromatic rings. The first-order valence-corrected chi connectivity index (χ1v) is 7.70. The van der Waals surface area contributed by atoms with Gasteiger partial charge in [0.05, 0.1) is 23.2 Å². The Hall–Kier alpha value is -1.56. The molecule has 1 aliphatic carbocycles.